The van der Waals surface area contributed by atoms with Crippen LogP contribution in [0.1, 0.15) is 43.9 Å². The third-order valence-corrected chi connectivity index (χ3v) is 6.40. The van der Waals surface area contributed by atoms with Crippen molar-refractivity contribution in [3.63, 3.8) is 0 Å². The van der Waals surface area contributed by atoms with Crippen molar-refractivity contribution < 1.29 is 18.6 Å². The number of aryl methyl sites for hydroxylation is 3. The fraction of sp³-hybridized carbons (Fsp3) is 0.409. The molecule has 2 fully saturated rings. The largest absolute Gasteiger partial charge is 0.361 e. The molecule has 3 aromatic rings. The van der Waals surface area contributed by atoms with Gasteiger partial charge in [0.25, 0.3) is 11.8 Å². The lowest BCUT2D eigenvalue weighted by molar-refractivity contribution is 0.0726. The Hall–Kier alpha value is -3.49. The Bertz CT molecular complexity index is 1130. The molecule has 0 spiro atoms. The molecule has 0 saturated carbocycles. The highest BCUT2D eigenvalue weighted by Gasteiger charge is 2.59. The lowest BCUT2D eigenvalue weighted by Crippen LogP contribution is -2.41. The van der Waals surface area contributed by atoms with E-state index in [1.807, 2.05) is 35.2 Å². The van der Waals surface area contributed by atoms with Crippen molar-refractivity contribution in [1.29, 1.82) is 0 Å². The van der Waals surface area contributed by atoms with Gasteiger partial charge in [-0.2, -0.15) is 4.98 Å². The molecule has 4 heterocycles. The number of nitrogens with zero attached hydrogens (tertiary/aromatic N) is 5. The summed E-state index contributed by atoms with van der Waals surface area (Å²) >= 11 is 0. The smallest absolute Gasteiger partial charge is 0.259 e. The van der Waals surface area contributed by atoms with Gasteiger partial charge in [0.2, 0.25) is 5.89 Å². The van der Waals surface area contributed by atoms with Gasteiger partial charge >= 0.3 is 0 Å². The van der Waals surface area contributed by atoms with Crippen LogP contribution in [0.4, 0.5) is 0 Å². The zero-order chi connectivity index (χ0) is 21.8. The second-order valence-corrected chi connectivity index (χ2v) is 8.44. The fourth-order valence-electron chi connectivity index (χ4n) is 4.89. The average molecular weight is 421 g/mol. The molecule has 2 amide bonds. The molecule has 5 rings (SSSR count). The van der Waals surface area contributed by atoms with E-state index >= 15 is 0 Å². The fourth-order valence-corrected chi connectivity index (χ4v) is 4.89. The summed E-state index contributed by atoms with van der Waals surface area (Å²) in [5, 5.41) is 7.89. The molecule has 2 aliphatic rings. The van der Waals surface area contributed by atoms with Crippen LogP contribution in [-0.2, 0) is 5.41 Å². The van der Waals surface area contributed by atoms with Crippen LogP contribution < -0.4 is 0 Å². The molecule has 0 N–H and O–H groups in total. The number of carbonyl (C=O) groups excluding carboxylic acids is 2. The standard InChI is InChI=1S/C22H23N5O4/c1-13-18(14(2)30-24-13)20(29)27-10-17-9-26(19(28)16-7-5-4-6-8-16)11-22(17,12-27)21-23-15(3)25-31-21/h4-8,17H,9-12H2,1-3H3/t17-,22-/m1/s1. The zero-order valence-electron chi connectivity index (χ0n) is 17.7. The van der Waals surface area contributed by atoms with Gasteiger partial charge < -0.3 is 18.8 Å². The van der Waals surface area contributed by atoms with Crippen molar-refractivity contribution in [2.45, 2.75) is 26.2 Å². The van der Waals surface area contributed by atoms with Gasteiger partial charge in [0.05, 0.1) is 11.1 Å². The number of amides is 2. The third-order valence-electron chi connectivity index (χ3n) is 6.40. The SMILES string of the molecule is Cc1noc([C@@]23CN(C(=O)c4ccccc4)C[C@@H]2CN(C(=O)c2c(C)noc2C)C3)n1. The second-order valence-electron chi connectivity index (χ2n) is 8.44. The number of fused-ring (bicyclic) bond motifs is 1. The summed E-state index contributed by atoms with van der Waals surface area (Å²) in [7, 11) is 0. The first-order chi connectivity index (χ1) is 14.9. The van der Waals surface area contributed by atoms with E-state index in [0.29, 0.717) is 60.5 Å². The highest BCUT2D eigenvalue weighted by Crippen LogP contribution is 2.45. The van der Waals surface area contributed by atoms with Crippen molar-refractivity contribution in [2.24, 2.45) is 5.92 Å². The Morgan fingerprint density at radius 3 is 2.23 bits per heavy atom. The van der Waals surface area contributed by atoms with Gasteiger partial charge in [-0.1, -0.05) is 28.5 Å². The molecule has 2 aliphatic heterocycles. The number of benzene rings is 1. The topological polar surface area (TPSA) is 106 Å². The van der Waals surface area contributed by atoms with E-state index in [9.17, 15) is 9.59 Å². The van der Waals surface area contributed by atoms with Gasteiger partial charge in [-0.15, -0.1) is 0 Å². The van der Waals surface area contributed by atoms with Crippen LogP contribution in [0.3, 0.4) is 0 Å². The molecular weight excluding hydrogens is 398 g/mol. The Labute approximate surface area is 179 Å². The van der Waals surface area contributed by atoms with Crippen LogP contribution >= 0.6 is 0 Å². The summed E-state index contributed by atoms with van der Waals surface area (Å²) in [6.07, 6.45) is 0. The molecule has 9 nitrogen and oxygen atoms in total. The number of hydrogen-bond acceptors (Lipinski definition) is 7. The summed E-state index contributed by atoms with van der Waals surface area (Å²) in [5.41, 5.74) is 1.11. The highest BCUT2D eigenvalue weighted by atomic mass is 16.5. The normalized spacial score (nSPS) is 22.7. The molecule has 160 valence electrons. The molecule has 0 aliphatic carbocycles. The van der Waals surface area contributed by atoms with E-state index in [2.05, 4.69) is 15.3 Å². The van der Waals surface area contributed by atoms with Crippen molar-refractivity contribution in [1.82, 2.24) is 25.1 Å². The van der Waals surface area contributed by atoms with Gasteiger partial charge in [-0.25, -0.2) is 0 Å². The maximum atomic E-state index is 13.3. The van der Waals surface area contributed by atoms with Crippen molar-refractivity contribution in [3.05, 3.63) is 64.6 Å². The van der Waals surface area contributed by atoms with Crippen LogP contribution in [0.5, 0.6) is 0 Å². The molecule has 0 radical (unpaired) electrons. The van der Waals surface area contributed by atoms with E-state index in [0.717, 1.165) is 0 Å². The summed E-state index contributed by atoms with van der Waals surface area (Å²) < 4.78 is 10.8. The Balaban J connectivity index is 1.47. The average Bonchev–Trinajstić information content (AvgIpc) is 3.50. The number of likely N-dealkylation sites (tertiary alicyclic amines) is 2. The summed E-state index contributed by atoms with van der Waals surface area (Å²) in [5.74, 6) is 1.35. The first-order valence-corrected chi connectivity index (χ1v) is 10.3. The molecule has 2 atom stereocenters. The number of carbonyl (C=O) groups is 2. The van der Waals surface area contributed by atoms with Gasteiger partial charge in [-0.3, -0.25) is 9.59 Å². The zero-order valence-corrected chi connectivity index (χ0v) is 17.7. The Morgan fingerprint density at radius 2 is 1.65 bits per heavy atom. The number of hydrogen-bond donors (Lipinski definition) is 0. The van der Waals surface area contributed by atoms with Crippen LogP contribution in [0, 0.1) is 26.7 Å². The van der Waals surface area contributed by atoms with Gasteiger partial charge in [0.1, 0.15) is 11.3 Å². The lowest BCUT2D eigenvalue weighted by atomic mass is 9.81. The molecule has 1 aromatic carbocycles. The van der Waals surface area contributed by atoms with Crippen LogP contribution in [0.2, 0.25) is 0 Å². The monoisotopic (exact) mass is 421 g/mol. The lowest BCUT2D eigenvalue weighted by Gasteiger charge is -2.26. The summed E-state index contributed by atoms with van der Waals surface area (Å²) in [6.45, 7) is 7.07. The van der Waals surface area contributed by atoms with E-state index in [4.69, 9.17) is 9.05 Å². The molecular formula is C22H23N5O4. The highest BCUT2D eigenvalue weighted by molar-refractivity contribution is 5.97. The minimum atomic E-state index is -0.597. The molecule has 31 heavy (non-hydrogen) atoms. The predicted octanol–water partition coefficient (Wildman–Crippen LogP) is 2.15. The first kappa shape index (κ1) is 19.5. The van der Waals surface area contributed by atoms with E-state index in [-0.39, 0.29) is 17.7 Å². The van der Waals surface area contributed by atoms with Gasteiger partial charge in [0.15, 0.2) is 5.82 Å². The van der Waals surface area contributed by atoms with E-state index in [1.165, 1.54) is 0 Å². The minimum absolute atomic E-state index is 0.00978. The Kier molecular flexibility index (Phi) is 4.42. The quantitative estimate of drug-likeness (QED) is 0.638. The van der Waals surface area contributed by atoms with Gasteiger partial charge in [-0.05, 0) is 32.9 Å². The summed E-state index contributed by atoms with van der Waals surface area (Å²) in [4.78, 5) is 34.5. The number of rotatable bonds is 3. The van der Waals surface area contributed by atoms with Crippen molar-refractivity contribution in [2.75, 3.05) is 26.2 Å². The molecule has 2 aromatic heterocycles. The van der Waals surface area contributed by atoms with E-state index in [1.54, 1.807) is 25.7 Å². The van der Waals surface area contributed by atoms with Crippen molar-refractivity contribution in [3.8, 4) is 0 Å². The maximum absolute atomic E-state index is 13.3. The third kappa shape index (κ3) is 3.03. The van der Waals surface area contributed by atoms with Crippen LogP contribution in [0.15, 0.2) is 39.4 Å². The first-order valence-electron chi connectivity index (χ1n) is 10.3. The Morgan fingerprint density at radius 1 is 0.968 bits per heavy atom. The van der Waals surface area contributed by atoms with Gasteiger partial charge in [0, 0.05) is 37.7 Å². The van der Waals surface area contributed by atoms with E-state index < -0.39 is 5.41 Å². The maximum Gasteiger partial charge on any atom is 0.259 e. The second kappa shape index (κ2) is 7.04. The molecule has 0 unspecified atom stereocenters. The van der Waals surface area contributed by atoms with Crippen LogP contribution in [0.25, 0.3) is 0 Å². The molecule has 9 heteroatoms. The van der Waals surface area contributed by atoms with Crippen molar-refractivity contribution >= 4 is 11.8 Å². The summed E-state index contributed by atoms with van der Waals surface area (Å²) in [6, 6.07) is 9.22. The van der Waals surface area contributed by atoms with Crippen LogP contribution in [-0.4, -0.2) is 63.1 Å². The molecule has 0 bridgehead atoms. The number of aromatic nitrogens is 3. The molecule has 2 saturated heterocycles. The minimum Gasteiger partial charge on any atom is -0.361 e. The predicted molar refractivity (Wildman–Crippen MR) is 108 cm³/mol.